The molecule has 2 heterocycles. The Morgan fingerprint density at radius 2 is 2.10 bits per heavy atom. The molecule has 2 aromatic heterocycles. The number of nitriles is 1. The third kappa shape index (κ3) is 4.30. The summed E-state index contributed by atoms with van der Waals surface area (Å²) in [5.41, 5.74) is 0.949. The monoisotopic (exact) mass is 438 g/mol. The van der Waals surface area contributed by atoms with E-state index >= 15 is 0 Å². The van der Waals surface area contributed by atoms with Gasteiger partial charge in [-0.05, 0) is 43.4 Å². The number of carbonyl (C=O) groups excluding carboxylic acids is 1. The van der Waals surface area contributed by atoms with Crippen LogP contribution in [0.2, 0.25) is 0 Å². The molecule has 1 aromatic carbocycles. The van der Waals surface area contributed by atoms with E-state index in [4.69, 9.17) is 5.26 Å². The van der Waals surface area contributed by atoms with Crippen LogP contribution in [0.15, 0.2) is 28.2 Å². The van der Waals surface area contributed by atoms with E-state index in [9.17, 15) is 9.59 Å². The summed E-state index contributed by atoms with van der Waals surface area (Å²) in [5, 5.41) is 21.6. The highest BCUT2D eigenvalue weighted by Gasteiger charge is 2.21. The number of aromatic nitrogens is 4. The van der Waals surface area contributed by atoms with Crippen molar-refractivity contribution in [1.29, 1.82) is 5.26 Å². The third-order valence-corrected chi connectivity index (χ3v) is 6.52. The lowest BCUT2D eigenvalue weighted by molar-refractivity contribution is 0.0938. The van der Waals surface area contributed by atoms with Gasteiger partial charge in [0, 0.05) is 18.2 Å². The zero-order chi connectivity index (χ0) is 22.0. The van der Waals surface area contributed by atoms with Crippen molar-refractivity contribution in [1.82, 2.24) is 24.5 Å². The van der Waals surface area contributed by atoms with Gasteiger partial charge in [0.15, 0.2) is 5.16 Å². The minimum Gasteiger partial charge on any atom is -0.349 e. The Morgan fingerprint density at radius 3 is 2.81 bits per heavy atom. The number of carbonyl (C=O) groups is 1. The Labute approximate surface area is 184 Å². The van der Waals surface area contributed by atoms with Crippen LogP contribution < -0.4 is 10.9 Å². The minimum absolute atomic E-state index is 0.134. The second-order valence-corrected chi connectivity index (χ2v) is 9.33. The van der Waals surface area contributed by atoms with Gasteiger partial charge in [-0.25, -0.2) is 0 Å². The highest BCUT2D eigenvalue weighted by Crippen LogP contribution is 2.23. The summed E-state index contributed by atoms with van der Waals surface area (Å²) in [6, 6.07) is 7.47. The fraction of sp³-hybridized carbons (Fsp3) is 0.500. The van der Waals surface area contributed by atoms with E-state index in [1.54, 1.807) is 27.2 Å². The Hall–Kier alpha value is -2.86. The average Bonchev–Trinajstić information content (AvgIpc) is 3.41. The summed E-state index contributed by atoms with van der Waals surface area (Å²) in [6.45, 7) is 4.74. The highest BCUT2D eigenvalue weighted by atomic mass is 32.2. The van der Waals surface area contributed by atoms with E-state index in [-0.39, 0.29) is 23.3 Å². The number of aryl methyl sites for hydroxylation is 1. The number of fused-ring (bicyclic) bond motifs is 3. The Balaban J connectivity index is 1.84. The molecule has 0 spiro atoms. The molecule has 8 nitrogen and oxygen atoms in total. The van der Waals surface area contributed by atoms with Crippen LogP contribution in [0.4, 0.5) is 0 Å². The lowest BCUT2D eigenvalue weighted by atomic mass is 10.1. The number of nitrogens with zero attached hydrogens (tertiary/aromatic N) is 5. The molecule has 1 aliphatic carbocycles. The fourth-order valence-corrected chi connectivity index (χ4v) is 4.64. The maximum atomic E-state index is 13.3. The van der Waals surface area contributed by atoms with Crippen LogP contribution in [0.1, 0.15) is 56.3 Å². The number of hydrogen-bond donors (Lipinski definition) is 1. The molecule has 162 valence electrons. The molecule has 9 heteroatoms. The van der Waals surface area contributed by atoms with Gasteiger partial charge in [0.1, 0.15) is 0 Å². The molecule has 0 radical (unpaired) electrons. The van der Waals surface area contributed by atoms with E-state index < -0.39 is 0 Å². The standard InChI is InChI=1S/C22H26N6O2S/c1-14(2)9-11-27-20(30)17-8-7-15(19(29)24-16-5-3-4-6-16)13-18(17)28-21(27)25-26-22(28)31-12-10-23/h7-8,13-14,16H,3-6,9,11-12H2,1-2H3,(H,24,29). The first-order valence-corrected chi connectivity index (χ1v) is 11.7. The van der Waals surface area contributed by atoms with Gasteiger partial charge < -0.3 is 5.32 Å². The number of amides is 1. The number of rotatable bonds is 7. The molecule has 1 saturated carbocycles. The van der Waals surface area contributed by atoms with Crippen LogP contribution in [0, 0.1) is 17.2 Å². The van der Waals surface area contributed by atoms with Crippen LogP contribution in [0.3, 0.4) is 0 Å². The second kappa shape index (κ2) is 9.10. The number of benzene rings is 1. The Morgan fingerprint density at radius 1 is 1.32 bits per heavy atom. The molecule has 0 unspecified atom stereocenters. The van der Waals surface area contributed by atoms with Crippen molar-refractivity contribution >= 4 is 34.3 Å². The smallest absolute Gasteiger partial charge is 0.262 e. The highest BCUT2D eigenvalue weighted by molar-refractivity contribution is 7.99. The van der Waals surface area contributed by atoms with Crippen molar-refractivity contribution < 1.29 is 4.79 Å². The fourth-order valence-electron chi connectivity index (χ4n) is 4.04. The molecule has 1 fully saturated rings. The molecular formula is C22H26N6O2S. The van der Waals surface area contributed by atoms with Crippen molar-refractivity contribution in [2.75, 3.05) is 5.75 Å². The normalized spacial score (nSPS) is 14.5. The number of thioether (sulfide) groups is 1. The zero-order valence-electron chi connectivity index (χ0n) is 17.8. The van der Waals surface area contributed by atoms with E-state index in [1.165, 1.54) is 11.8 Å². The van der Waals surface area contributed by atoms with Crippen LogP contribution >= 0.6 is 11.8 Å². The molecule has 1 amide bonds. The molecule has 1 aliphatic rings. The van der Waals surface area contributed by atoms with Crippen LogP contribution in [-0.4, -0.2) is 36.9 Å². The van der Waals surface area contributed by atoms with Crippen LogP contribution in [-0.2, 0) is 6.54 Å². The predicted molar refractivity (Wildman–Crippen MR) is 120 cm³/mol. The van der Waals surface area contributed by atoms with Gasteiger partial charge in [-0.3, -0.25) is 18.6 Å². The van der Waals surface area contributed by atoms with Gasteiger partial charge in [-0.2, -0.15) is 5.26 Å². The van der Waals surface area contributed by atoms with Crippen molar-refractivity contribution in [3.05, 3.63) is 34.1 Å². The van der Waals surface area contributed by atoms with Gasteiger partial charge in [-0.1, -0.05) is 38.5 Å². The number of nitrogens with one attached hydrogen (secondary N) is 1. The van der Waals surface area contributed by atoms with Crippen molar-refractivity contribution in [2.24, 2.45) is 5.92 Å². The lowest BCUT2D eigenvalue weighted by Crippen LogP contribution is -2.32. The SMILES string of the molecule is CC(C)CCn1c(=O)c2ccc(C(=O)NC3CCCC3)cc2n2c(SCC#N)nnc12. The summed E-state index contributed by atoms with van der Waals surface area (Å²) < 4.78 is 3.44. The first-order valence-electron chi connectivity index (χ1n) is 10.7. The van der Waals surface area contributed by atoms with Crippen molar-refractivity contribution in [2.45, 2.75) is 63.7 Å². The van der Waals surface area contributed by atoms with E-state index in [0.29, 0.717) is 39.9 Å². The third-order valence-electron chi connectivity index (χ3n) is 5.72. The Bertz CT molecular complexity index is 1220. The first-order chi connectivity index (χ1) is 15.0. The van der Waals surface area contributed by atoms with Gasteiger partial charge in [0.2, 0.25) is 5.78 Å². The first kappa shape index (κ1) is 21.4. The van der Waals surface area contributed by atoms with Gasteiger partial charge in [0.05, 0.1) is 22.7 Å². The zero-order valence-corrected chi connectivity index (χ0v) is 18.6. The van der Waals surface area contributed by atoms with E-state index in [0.717, 1.165) is 32.1 Å². The summed E-state index contributed by atoms with van der Waals surface area (Å²) in [6.07, 6.45) is 5.12. The average molecular weight is 439 g/mol. The quantitative estimate of drug-likeness (QED) is 0.567. The maximum absolute atomic E-state index is 13.3. The maximum Gasteiger partial charge on any atom is 0.262 e. The lowest BCUT2D eigenvalue weighted by Gasteiger charge is -2.14. The molecule has 3 aromatic rings. The molecule has 0 bridgehead atoms. The largest absolute Gasteiger partial charge is 0.349 e. The Kier molecular flexibility index (Phi) is 6.28. The van der Waals surface area contributed by atoms with Crippen LogP contribution in [0.25, 0.3) is 16.7 Å². The van der Waals surface area contributed by atoms with Crippen LogP contribution in [0.5, 0.6) is 0 Å². The van der Waals surface area contributed by atoms with Crippen molar-refractivity contribution in [3.63, 3.8) is 0 Å². The van der Waals surface area contributed by atoms with Gasteiger partial charge in [0.25, 0.3) is 11.5 Å². The molecular weight excluding hydrogens is 412 g/mol. The topological polar surface area (TPSA) is 105 Å². The summed E-state index contributed by atoms with van der Waals surface area (Å²) >= 11 is 1.26. The molecule has 1 N–H and O–H groups in total. The molecule has 0 atom stereocenters. The van der Waals surface area contributed by atoms with E-state index in [2.05, 4.69) is 35.4 Å². The summed E-state index contributed by atoms with van der Waals surface area (Å²) in [7, 11) is 0. The van der Waals surface area contributed by atoms with Crippen molar-refractivity contribution in [3.8, 4) is 6.07 Å². The molecule has 0 saturated heterocycles. The van der Waals surface area contributed by atoms with E-state index in [1.807, 2.05) is 0 Å². The minimum atomic E-state index is -0.143. The molecule has 0 aliphatic heterocycles. The number of hydrogen-bond acceptors (Lipinski definition) is 6. The predicted octanol–water partition coefficient (Wildman–Crippen LogP) is 3.38. The molecule has 4 rings (SSSR count). The van der Waals surface area contributed by atoms with Gasteiger partial charge >= 0.3 is 0 Å². The molecule has 31 heavy (non-hydrogen) atoms. The second-order valence-electron chi connectivity index (χ2n) is 8.39. The summed E-state index contributed by atoms with van der Waals surface area (Å²) in [4.78, 5) is 26.1. The van der Waals surface area contributed by atoms with Gasteiger partial charge in [-0.15, -0.1) is 10.2 Å². The summed E-state index contributed by atoms with van der Waals surface area (Å²) in [5.74, 6) is 0.951.